The fourth-order valence-corrected chi connectivity index (χ4v) is 3.93. The van der Waals surface area contributed by atoms with Gasteiger partial charge < -0.3 is 10.6 Å². The normalized spacial score (nSPS) is 10.8. The predicted octanol–water partition coefficient (Wildman–Crippen LogP) is 6.71. The number of hydrogen-bond acceptors (Lipinski definition) is 3. The lowest BCUT2D eigenvalue weighted by atomic mass is 10.1. The minimum Gasteiger partial charge on any atom is -0.308 e. The zero-order valence-electron chi connectivity index (χ0n) is 14.8. The minimum absolute atomic E-state index is 0.0471. The molecular weight excluding hydrogens is 397 g/mol. The summed E-state index contributed by atoms with van der Waals surface area (Å²) in [4.78, 5) is 16.9. The van der Waals surface area contributed by atoms with E-state index >= 15 is 0 Å². The summed E-state index contributed by atoms with van der Waals surface area (Å²) in [6, 6.07) is 17.3. The van der Waals surface area contributed by atoms with Crippen LogP contribution < -0.4 is 10.6 Å². The lowest BCUT2D eigenvalue weighted by Crippen LogP contribution is -2.20. The number of carbonyl (C=O) groups excluding carboxylic acids is 1. The molecule has 0 bridgehead atoms. The van der Waals surface area contributed by atoms with Crippen molar-refractivity contribution in [3.8, 4) is 10.6 Å². The van der Waals surface area contributed by atoms with E-state index in [9.17, 15) is 9.18 Å². The van der Waals surface area contributed by atoms with Gasteiger partial charge in [-0.05, 0) is 61.0 Å². The van der Waals surface area contributed by atoms with Gasteiger partial charge in [0.05, 0.1) is 15.2 Å². The van der Waals surface area contributed by atoms with Gasteiger partial charge in [0, 0.05) is 16.9 Å². The fraction of sp³-hybridized carbons (Fsp3) is 0.0476. The molecule has 0 saturated carbocycles. The molecule has 3 aromatic carbocycles. The summed E-state index contributed by atoms with van der Waals surface area (Å²) >= 11 is 7.37. The summed E-state index contributed by atoms with van der Waals surface area (Å²) in [7, 11) is 0. The number of aromatic nitrogens is 1. The van der Waals surface area contributed by atoms with Crippen LogP contribution in [-0.4, -0.2) is 11.0 Å². The van der Waals surface area contributed by atoms with Gasteiger partial charge >= 0.3 is 6.03 Å². The van der Waals surface area contributed by atoms with E-state index in [1.807, 2.05) is 49.4 Å². The van der Waals surface area contributed by atoms with Gasteiger partial charge in [0.1, 0.15) is 10.8 Å². The van der Waals surface area contributed by atoms with Crippen LogP contribution in [0.5, 0.6) is 0 Å². The Labute approximate surface area is 170 Å². The first-order valence-corrected chi connectivity index (χ1v) is 9.69. The number of aryl methyl sites for hydroxylation is 1. The number of amides is 2. The van der Waals surface area contributed by atoms with E-state index in [2.05, 4.69) is 15.6 Å². The van der Waals surface area contributed by atoms with Gasteiger partial charge in [-0.25, -0.2) is 14.2 Å². The summed E-state index contributed by atoms with van der Waals surface area (Å²) in [6.07, 6.45) is 0. The molecule has 1 aromatic heterocycles. The molecule has 0 spiro atoms. The number of para-hydroxylation sites is 1. The van der Waals surface area contributed by atoms with E-state index < -0.39 is 11.8 Å². The average Bonchev–Trinajstić information content (AvgIpc) is 3.10. The molecule has 0 saturated heterocycles. The van der Waals surface area contributed by atoms with Crippen molar-refractivity contribution in [1.82, 2.24) is 4.98 Å². The summed E-state index contributed by atoms with van der Waals surface area (Å²) in [6.45, 7) is 1.92. The molecule has 1 heterocycles. The van der Waals surface area contributed by atoms with Crippen molar-refractivity contribution in [2.45, 2.75) is 6.92 Å². The number of anilines is 2. The molecule has 2 amide bonds. The third-order valence-corrected chi connectivity index (χ3v) is 5.57. The standard InChI is InChI=1S/C21H15ClFN3OS/c1-12-10-13(20-25-18-4-2-3-5-19(18)28-20)6-9-17(12)26-21(27)24-14-7-8-16(23)15(22)11-14/h2-11H,1H3,(H2,24,26,27). The molecule has 0 aliphatic carbocycles. The molecule has 0 aliphatic rings. The smallest absolute Gasteiger partial charge is 0.308 e. The summed E-state index contributed by atoms with van der Waals surface area (Å²) < 4.78 is 14.4. The summed E-state index contributed by atoms with van der Waals surface area (Å²) in [5.41, 5.74) is 3.96. The monoisotopic (exact) mass is 411 g/mol. The molecule has 140 valence electrons. The number of fused-ring (bicyclic) bond motifs is 1. The highest BCUT2D eigenvalue weighted by Crippen LogP contribution is 2.32. The topological polar surface area (TPSA) is 54.0 Å². The van der Waals surface area contributed by atoms with E-state index in [4.69, 9.17) is 11.6 Å². The van der Waals surface area contributed by atoms with Crippen LogP contribution in [0.3, 0.4) is 0 Å². The van der Waals surface area contributed by atoms with E-state index in [0.717, 1.165) is 26.4 Å². The van der Waals surface area contributed by atoms with E-state index in [0.29, 0.717) is 11.4 Å². The second-order valence-corrected chi connectivity index (χ2v) is 7.66. The number of urea groups is 1. The fourth-order valence-electron chi connectivity index (χ4n) is 2.79. The number of halogens is 2. The van der Waals surface area contributed by atoms with Crippen molar-refractivity contribution < 1.29 is 9.18 Å². The number of hydrogen-bond donors (Lipinski definition) is 2. The van der Waals surface area contributed by atoms with Crippen LogP contribution in [0.1, 0.15) is 5.56 Å². The maximum absolute atomic E-state index is 13.2. The summed E-state index contributed by atoms with van der Waals surface area (Å²) in [5, 5.41) is 6.32. The summed E-state index contributed by atoms with van der Waals surface area (Å²) in [5.74, 6) is -0.533. The Morgan fingerprint density at radius 1 is 1.07 bits per heavy atom. The maximum atomic E-state index is 13.2. The van der Waals surface area contributed by atoms with E-state index in [-0.39, 0.29) is 5.02 Å². The van der Waals surface area contributed by atoms with Gasteiger partial charge in [-0.1, -0.05) is 23.7 Å². The molecule has 7 heteroatoms. The Hall–Kier alpha value is -2.96. The molecule has 0 radical (unpaired) electrons. The van der Waals surface area contributed by atoms with Crippen molar-refractivity contribution in [2.24, 2.45) is 0 Å². The van der Waals surface area contributed by atoms with E-state index in [1.165, 1.54) is 18.2 Å². The second kappa shape index (κ2) is 7.58. The number of rotatable bonds is 3. The molecule has 0 atom stereocenters. The highest BCUT2D eigenvalue weighted by atomic mass is 35.5. The molecule has 4 nitrogen and oxygen atoms in total. The van der Waals surface area contributed by atoms with Gasteiger partial charge in [-0.3, -0.25) is 0 Å². The highest BCUT2D eigenvalue weighted by molar-refractivity contribution is 7.21. The first kappa shape index (κ1) is 18.4. The molecule has 4 aromatic rings. The van der Waals surface area contributed by atoms with Crippen molar-refractivity contribution in [2.75, 3.05) is 10.6 Å². The first-order valence-electron chi connectivity index (χ1n) is 8.49. The number of benzene rings is 3. The zero-order valence-corrected chi connectivity index (χ0v) is 16.4. The van der Waals surface area contributed by atoms with Crippen LogP contribution in [0.2, 0.25) is 5.02 Å². The van der Waals surface area contributed by atoms with Gasteiger partial charge in [0.2, 0.25) is 0 Å². The van der Waals surface area contributed by atoms with Gasteiger partial charge in [-0.15, -0.1) is 11.3 Å². The van der Waals surface area contributed by atoms with Crippen LogP contribution in [-0.2, 0) is 0 Å². The third-order valence-electron chi connectivity index (χ3n) is 4.19. The van der Waals surface area contributed by atoms with Crippen LogP contribution in [0.25, 0.3) is 20.8 Å². The number of nitrogens with one attached hydrogen (secondary N) is 2. The van der Waals surface area contributed by atoms with Crippen molar-refractivity contribution in [3.05, 3.63) is 77.1 Å². The largest absolute Gasteiger partial charge is 0.323 e. The predicted molar refractivity (Wildman–Crippen MR) is 114 cm³/mol. The zero-order chi connectivity index (χ0) is 19.7. The van der Waals surface area contributed by atoms with Crippen LogP contribution in [0.15, 0.2) is 60.7 Å². The SMILES string of the molecule is Cc1cc(-c2nc3ccccc3s2)ccc1NC(=O)Nc1ccc(F)c(Cl)c1. The van der Waals surface area contributed by atoms with Crippen LogP contribution >= 0.6 is 22.9 Å². The minimum atomic E-state index is -0.533. The maximum Gasteiger partial charge on any atom is 0.323 e. The van der Waals surface area contributed by atoms with Gasteiger partial charge in [-0.2, -0.15) is 0 Å². The Morgan fingerprint density at radius 3 is 2.64 bits per heavy atom. The highest BCUT2D eigenvalue weighted by Gasteiger charge is 2.10. The Balaban J connectivity index is 1.51. The third kappa shape index (κ3) is 3.83. The Kier molecular flexibility index (Phi) is 4.98. The quantitative estimate of drug-likeness (QED) is 0.393. The van der Waals surface area contributed by atoms with Crippen LogP contribution in [0.4, 0.5) is 20.6 Å². The van der Waals surface area contributed by atoms with E-state index in [1.54, 1.807) is 11.3 Å². The van der Waals surface area contributed by atoms with Gasteiger partial charge in [0.15, 0.2) is 0 Å². The second-order valence-electron chi connectivity index (χ2n) is 6.22. The van der Waals surface area contributed by atoms with Crippen LogP contribution in [0, 0.1) is 12.7 Å². The Morgan fingerprint density at radius 2 is 1.89 bits per heavy atom. The molecule has 4 rings (SSSR count). The number of nitrogens with zero attached hydrogens (tertiary/aromatic N) is 1. The van der Waals surface area contributed by atoms with Crippen molar-refractivity contribution in [1.29, 1.82) is 0 Å². The molecule has 0 fully saturated rings. The molecule has 28 heavy (non-hydrogen) atoms. The number of thiazole rings is 1. The van der Waals surface area contributed by atoms with Gasteiger partial charge in [0.25, 0.3) is 0 Å². The molecule has 0 unspecified atom stereocenters. The van der Waals surface area contributed by atoms with Crippen molar-refractivity contribution in [3.63, 3.8) is 0 Å². The first-order chi connectivity index (χ1) is 13.5. The number of carbonyl (C=O) groups is 1. The molecule has 0 aliphatic heterocycles. The molecule has 2 N–H and O–H groups in total. The lowest BCUT2D eigenvalue weighted by Gasteiger charge is -2.11. The molecular formula is C21H15ClFN3OS. The lowest BCUT2D eigenvalue weighted by molar-refractivity contribution is 0.262. The average molecular weight is 412 g/mol. The Bertz CT molecular complexity index is 1160. The van der Waals surface area contributed by atoms with Crippen molar-refractivity contribution >= 4 is 50.6 Å².